The highest BCUT2D eigenvalue weighted by molar-refractivity contribution is 5.22. The fraction of sp³-hybridized carbons (Fsp3) is 0.625. The molecule has 2 aliphatic heterocycles. The number of rotatable bonds is 4. The Balaban J connectivity index is 1.53. The fourth-order valence-corrected chi connectivity index (χ4v) is 3.69. The quantitative estimate of drug-likeness (QED) is 0.913. The summed E-state index contributed by atoms with van der Waals surface area (Å²) in [5.74, 6) is 2.03. The van der Waals surface area contributed by atoms with Crippen molar-refractivity contribution >= 4 is 0 Å². The van der Waals surface area contributed by atoms with E-state index in [2.05, 4.69) is 24.1 Å². The van der Waals surface area contributed by atoms with Gasteiger partial charge in [-0.1, -0.05) is 0 Å². The SMILES string of the molecule is CC1(C)C2CNCC2CN1CCOc1ccc(F)cc1. The molecule has 0 aliphatic carbocycles. The summed E-state index contributed by atoms with van der Waals surface area (Å²) < 4.78 is 18.5. The van der Waals surface area contributed by atoms with Crippen molar-refractivity contribution in [2.45, 2.75) is 19.4 Å². The predicted molar refractivity (Wildman–Crippen MR) is 77.4 cm³/mol. The molecule has 3 rings (SSSR count). The average molecular weight is 278 g/mol. The molecule has 2 atom stereocenters. The van der Waals surface area contributed by atoms with Crippen LogP contribution in [0.25, 0.3) is 0 Å². The zero-order valence-corrected chi connectivity index (χ0v) is 12.2. The van der Waals surface area contributed by atoms with E-state index < -0.39 is 0 Å². The van der Waals surface area contributed by atoms with Gasteiger partial charge in [-0.2, -0.15) is 0 Å². The summed E-state index contributed by atoms with van der Waals surface area (Å²) in [5, 5.41) is 3.49. The van der Waals surface area contributed by atoms with E-state index in [0.29, 0.717) is 6.61 Å². The second-order valence-electron chi connectivity index (χ2n) is 6.43. The number of hydrogen-bond acceptors (Lipinski definition) is 3. The molecule has 2 unspecified atom stereocenters. The molecule has 1 N–H and O–H groups in total. The second kappa shape index (κ2) is 5.34. The molecular weight excluding hydrogens is 255 g/mol. The Hall–Kier alpha value is -1.13. The molecule has 2 heterocycles. The third-order valence-electron chi connectivity index (χ3n) is 4.96. The first-order chi connectivity index (χ1) is 9.57. The number of nitrogens with one attached hydrogen (secondary N) is 1. The van der Waals surface area contributed by atoms with Gasteiger partial charge >= 0.3 is 0 Å². The van der Waals surface area contributed by atoms with Crippen LogP contribution in [-0.2, 0) is 0 Å². The molecule has 0 aromatic heterocycles. The largest absolute Gasteiger partial charge is 0.492 e. The number of nitrogens with zero attached hydrogens (tertiary/aromatic N) is 1. The van der Waals surface area contributed by atoms with Gasteiger partial charge in [-0.05, 0) is 56.5 Å². The van der Waals surface area contributed by atoms with Crippen LogP contribution in [0.15, 0.2) is 24.3 Å². The second-order valence-corrected chi connectivity index (χ2v) is 6.43. The first-order valence-electron chi connectivity index (χ1n) is 7.41. The summed E-state index contributed by atoms with van der Waals surface area (Å²) in [6.07, 6.45) is 0. The lowest BCUT2D eigenvalue weighted by atomic mass is 9.85. The summed E-state index contributed by atoms with van der Waals surface area (Å²) in [7, 11) is 0. The molecule has 3 nitrogen and oxygen atoms in total. The van der Waals surface area contributed by atoms with Gasteiger partial charge in [-0.3, -0.25) is 4.90 Å². The Kier molecular flexibility index (Phi) is 3.69. The van der Waals surface area contributed by atoms with Crippen LogP contribution in [0.5, 0.6) is 5.75 Å². The number of fused-ring (bicyclic) bond motifs is 1. The lowest BCUT2D eigenvalue weighted by molar-refractivity contribution is 0.117. The van der Waals surface area contributed by atoms with Crippen LogP contribution in [-0.4, -0.2) is 43.2 Å². The van der Waals surface area contributed by atoms with Crippen molar-refractivity contribution in [1.29, 1.82) is 0 Å². The highest BCUT2D eigenvalue weighted by Gasteiger charge is 2.49. The zero-order valence-electron chi connectivity index (χ0n) is 12.2. The lowest BCUT2D eigenvalue weighted by Crippen LogP contribution is -2.46. The molecule has 1 aromatic rings. The fourth-order valence-electron chi connectivity index (χ4n) is 3.69. The summed E-state index contributed by atoms with van der Waals surface area (Å²) in [5.41, 5.74) is 0.236. The molecule has 2 saturated heterocycles. The van der Waals surface area contributed by atoms with Crippen LogP contribution in [0.3, 0.4) is 0 Å². The molecule has 1 aromatic carbocycles. The van der Waals surface area contributed by atoms with E-state index in [-0.39, 0.29) is 11.4 Å². The van der Waals surface area contributed by atoms with Gasteiger partial charge in [0.05, 0.1) is 0 Å². The van der Waals surface area contributed by atoms with Crippen molar-refractivity contribution in [1.82, 2.24) is 10.2 Å². The van der Waals surface area contributed by atoms with E-state index >= 15 is 0 Å². The van der Waals surface area contributed by atoms with Gasteiger partial charge in [0.25, 0.3) is 0 Å². The molecule has 110 valence electrons. The molecule has 0 spiro atoms. The third-order valence-corrected chi connectivity index (χ3v) is 4.96. The van der Waals surface area contributed by atoms with Gasteiger partial charge in [0, 0.05) is 25.2 Å². The van der Waals surface area contributed by atoms with E-state index in [1.54, 1.807) is 12.1 Å². The molecule has 20 heavy (non-hydrogen) atoms. The minimum Gasteiger partial charge on any atom is -0.492 e. The monoisotopic (exact) mass is 278 g/mol. The predicted octanol–water partition coefficient (Wildman–Crippen LogP) is 2.13. The van der Waals surface area contributed by atoms with Crippen LogP contribution in [0.1, 0.15) is 13.8 Å². The Bertz CT molecular complexity index is 460. The Morgan fingerprint density at radius 3 is 2.75 bits per heavy atom. The first-order valence-corrected chi connectivity index (χ1v) is 7.41. The molecule has 0 saturated carbocycles. The van der Waals surface area contributed by atoms with E-state index in [4.69, 9.17) is 4.74 Å². The maximum absolute atomic E-state index is 12.8. The Morgan fingerprint density at radius 1 is 1.30 bits per heavy atom. The smallest absolute Gasteiger partial charge is 0.123 e. The first kappa shape index (κ1) is 13.8. The van der Waals surface area contributed by atoms with E-state index in [0.717, 1.165) is 43.8 Å². The van der Waals surface area contributed by atoms with Gasteiger partial charge in [0.2, 0.25) is 0 Å². The average Bonchev–Trinajstić information content (AvgIpc) is 2.96. The van der Waals surface area contributed by atoms with Crippen LogP contribution < -0.4 is 10.1 Å². The minimum absolute atomic E-state index is 0.224. The minimum atomic E-state index is -0.224. The van der Waals surface area contributed by atoms with Gasteiger partial charge in [-0.15, -0.1) is 0 Å². The van der Waals surface area contributed by atoms with Gasteiger partial charge in [0.1, 0.15) is 18.2 Å². The Labute approximate surface area is 120 Å². The van der Waals surface area contributed by atoms with Crippen LogP contribution in [0.4, 0.5) is 4.39 Å². The van der Waals surface area contributed by atoms with Crippen molar-refractivity contribution in [2.24, 2.45) is 11.8 Å². The van der Waals surface area contributed by atoms with Crippen LogP contribution >= 0.6 is 0 Å². The van der Waals surface area contributed by atoms with E-state index in [1.165, 1.54) is 12.1 Å². The molecule has 2 aliphatic rings. The number of ether oxygens (including phenoxy) is 1. The van der Waals surface area contributed by atoms with Crippen molar-refractivity contribution in [3.63, 3.8) is 0 Å². The number of likely N-dealkylation sites (tertiary alicyclic amines) is 1. The highest BCUT2D eigenvalue weighted by Crippen LogP contribution is 2.40. The maximum Gasteiger partial charge on any atom is 0.123 e. The van der Waals surface area contributed by atoms with Crippen LogP contribution in [0.2, 0.25) is 0 Å². The van der Waals surface area contributed by atoms with E-state index in [1.807, 2.05) is 0 Å². The Morgan fingerprint density at radius 2 is 2.05 bits per heavy atom. The van der Waals surface area contributed by atoms with Gasteiger partial charge < -0.3 is 10.1 Å². The van der Waals surface area contributed by atoms with Crippen molar-refractivity contribution in [3.8, 4) is 5.75 Å². The lowest BCUT2D eigenvalue weighted by Gasteiger charge is -2.35. The van der Waals surface area contributed by atoms with Crippen LogP contribution in [0, 0.1) is 17.7 Å². The number of halogens is 1. The topological polar surface area (TPSA) is 24.5 Å². The zero-order chi connectivity index (χ0) is 14.2. The number of hydrogen-bond donors (Lipinski definition) is 1. The maximum atomic E-state index is 12.8. The van der Waals surface area contributed by atoms with Crippen molar-refractivity contribution in [3.05, 3.63) is 30.1 Å². The van der Waals surface area contributed by atoms with Crippen molar-refractivity contribution in [2.75, 3.05) is 32.8 Å². The van der Waals surface area contributed by atoms with Gasteiger partial charge in [0.15, 0.2) is 0 Å². The highest BCUT2D eigenvalue weighted by atomic mass is 19.1. The summed E-state index contributed by atoms with van der Waals surface area (Å²) in [6, 6.07) is 6.24. The molecule has 0 bridgehead atoms. The molecule has 0 radical (unpaired) electrons. The van der Waals surface area contributed by atoms with E-state index in [9.17, 15) is 4.39 Å². The molecule has 2 fully saturated rings. The number of benzene rings is 1. The molecule has 0 amide bonds. The molecule has 4 heteroatoms. The summed E-state index contributed by atoms with van der Waals surface area (Å²) in [6.45, 7) is 9.68. The summed E-state index contributed by atoms with van der Waals surface area (Å²) in [4.78, 5) is 2.53. The van der Waals surface area contributed by atoms with Crippen molar-refractivity contribution < 1.29 is 9.13 Å². The summed E-state index contributed by atoms with van der Waals surface area (Å²) >= 11 is 0. The normalized spacial score (nSPS) is 28.6. The third kappa shape index (κ3) is 2.54. The molecular formula is C16H23FN2O. The standard InChI is InChI=1S/C16H23FN2O/c1-16(2)15-10-18-9-12(15)11-19(16)7-8-20-14-5-3-13(17)4-6-14/h3-6,12,15,18H,7-11H2,1-2H3. The van der Waals surface area contributed by atoms with Gasteiger partial charge in [-0.25, -0.2) is 4.39 Å².